The van der Waals surface area contributed by atoms with Crippen LogP contribution in [0.3, 0.4) is 0 Å². The highest BCUT2D eigenvalue weighted by atomic mass is 14.8. The molecule has 3 aromatic rings. The maximum atomic E-state index is 4.55. The summed E-state index contributed by atoms with van der Waals surface area (Å²) in [5.74, 6) is 0. The molecule has 0 aromatic carbocycles. The molecular formula is C13H9N5. The monoisotopic (exact) mass is 235 g/mol. The molecule has 0 radical (unpaired) electrons. The van der Waals surface area contributed by atoms with Crippen molar-refractivity contribution in [2.75, 3.05) is 0 Å². The van der Waals surface area contributed by atoms with E-state index in [-0.39, 0.29) is 0 Å². The lowest BCUT2D eigenvalue weighted by Gasteiger charge is -2.03. The number of hydrogen-bond acceptors (Lipinski definition) is 5. The third-order valence-corrected chi connectivity index (χ3v) is 2.46. The molecule has 0 saturated carbocycles. The number of pyridine rings is 1. The lowest BCUT2D eigenvalue weighted by atomic mass is 10.1. The third kappa shape index (κ3) is 2.06. The van der Waals surface area contributed by atoms with Crippen molar-refractivity contribution in [1.82, 2.24) is 24.9 Å². The molecule has 0 bridgehead atoms. The zero-order valence-electron chi connectivity index (χ0n) is 9.43. The van der Waals surface area contributed by atoms with E-state index in [2.05, 4.69) is 24.9 Å². The van der Waals surface area contributed by atoms with Crippen LogP contribution in [-0.4, -0.2) is 24.9 Å². The van der Waals surface area contributed by atoms with Crippen LogP contribution in [0.15, 0.2) is 55.6 Å². The van der Waals surface area contributed by atoms with Crippen LogP contribution in [0.25, 0.3) is 22.5 Å². The second-order valence-corrected chi connectivity index (χ2v) is 3.66. The maximum absolute atomic E-state index is 4.55. The highest BCUT2D eigenvalue weighted by Crippen LogP contribution is 2.20. The van der Waals surface area contributed by atoms with E-state index < -0.39 is 0 Å². The van der Waals surface area contributed by atoms with Gasteiger partial charge < -0.3 is 0 Å². The van der Waals surface area contributed by atoms with Gasteiger partial charge in [-0.15, -0.1) is 0 Å². The van der Waals surface area contributed by atoms with Gasteiger partial charge in [-0.05, 0) is 12.1 Å². The van der Waals surface area contributed by atoms with Gasteiger partial charge in [0, 0.05) is 35.9 Å². The molecule has 0 amide bonds. The average molecular weight is 235 g/mol. The molecule has 0 aliphatic heterocycles. The molecule has 0 saturated heterocycles. The topological polar surface area (TPSA) is 64.5 Å². The van der Waals surface area contributed by atoms with Crippen molar-refractivity contribution < 1.29 is 0 Å². The highest BCUT2D eigenvalue weighted by molar-refractivity contribution is 5.63. The van der Waals surface area contributed by atoms with E-state index in [1.807, 2.05) is 18.2 Å². The van der Waals surface area contributed by atoms with E-state index in [0.717, 1.165) is 22.5 Å². The summed E-state index contributed by atoms with van der Waals surface area (Å²) in [7, 11) is 0. The summed E-state index contributed by atoms with van der Waals surface area (Å²) in [6.45, 7) is 0. The molecule has 0 unspecified atom stereocenters. The molecule has 3 rings (SSSR count). The minimum atomic E-state index is 0.831. The Balaban J connectivity index is 2.05. The molecule has 0 atom stereocenters. The summed E-state index contributed by atoms with van der Waals surface area (Å²) in [5.41, 5.74) is 3.43. The Morgan fingerprint density at radius 1 is 0.611 bits per heavy atom. The van der Waals surface area contributed by atoms with Crippen LogP contribution in [0.4, 0.5) is 0 Å². The molecule has 0 aliphatic carbocycles. The molecule has 86 valence electrons. The van der Waals surface area contributed by atoms with E-state index in [1.165, 1.54) is 12.7 Å². The molecule has 0 aliphatic rings. The first kappa shape index (κ1) is 10.5. The predicted molar refractivity (Wildman–Crippen MR) is 66.3 cm³/mol. The van der Waals surface area contributed by atoms with Crippen LogP contribution in [-0.2, 0) is 0 Å². The Bertz CT molecular complexity index is 585. The largest absolute Gasteiger partial charge is 0.248 e. The fraction of sp³-hybridized carbons (Fsp3) is 0. The molecule has 3 aromatic heterocycles. The smallest absolute Gasteiger partial charge is 0.115 e. The van der Waals surface area contributed by atoms with Crippen molar-refractivity contribution in [3.8, 4) is 22.5 Å². The quantitative estimate of drug-likeness (QED) is 0.679. The van der Waals surface area contributed by atoms with Crippen LogP contribution >= 0.6 is 0 Å². The van der Waals surface area contributed by atoms with Crippen LogP contribution < -0.4 is 0 Å². The Kier molecular flexibility index (Phi) is 2.71. The number of nitrogens with zero attached hydrogens (tertiary/aromatic N) is 5. The minimum Gasteiger partial charge on any atom is -0.248 e. The molecule has 5 nitrogen and oxygen atoms in total. The van der Waals surface area contributed by atoms with Gasteiger partial charge in [-0.25, -0.2) is 24.9 Å². The molecule has 0 N–H and O–H groups in total. The van der Waals surface area contributed by atoms with E-state index in [0.29, 0.717) is 0 Å². The van der Waals surface area contributed by atoms with Crippen molar-refractivity contribution in [1.29, 1.82) is 0 Å². The SMILES string of the molecule is c1cc(-c2cncnc2)nc(-c2cncnc2)c1. The zero-order chi connectivity index (χ0) is 12.2. The molecule has 0 spiro atoms. The third-order valence-electron chi connectivity index (χ3n) is 2.46. The van der Waals surface area contributed by atoms with E-state index >= 15 is 0 Å². The number of aromatic nitrogens is 5. The fourth-order valence-corrected chi connectivity index (χ4v) is 1.62. The van der Waals surface area contributed by atoms with Crippen LogP contribution in [0.2, 0.25) is 0 Å². The van der Waals surface area contributed by atoms with Gasteiger partial charge in [-0.3, -0.25) is 0 Å². The first-order valence-corrected chi connectivity index (χ1v) is 5.41. The Labute approximate surface area is 104 Å². The Hall–Kier alpha value is -2.69. The molecule has 0 fully saturated rings. The highest BCUT2D eigenvalue weighted by Gasteiger charge is 2.03. The van der Waals surface area contributed by atoms with E-state index in [4.69, 9.17) is 0 Å². The van der Waals surface area contributed by atoms with Crippen molar-refractivity contribution in [2.45, 2.75) is 0 Å². The predicted octanol–water partition coefficient (Wildman–Crippen LogP) is 2.00. The van der Waals surface area contributed by atoms with Crippen molar-refractivity contribution >= 4 is 0 Å². The molecule has 3 heterocycles. The van der Waals surface area contributed by atoms with Gasteiger partial charge in [-0.1, -0.05) is 6.07 Å². The molecule has 5 heteroatoms. The lowest BCUT2D eigenvalue weighted by Crippen LogP contribution is -1.90. The number of rotatable bonds is 2. The first-order chi connectivity index (χ1) is 8.93. The Morgan fingerprint density at radius 3 is 1.50 bits per heavy atom. The second-order valence-electron chi connectivity index (χ2n) is 3.66. The summed E-state index contributed by atoms with van der Waals surface area (Å²) in [6.07, 6.45) is 9.94. The summed E-state index contributed by atoms with van der Waals surface area (Å²) < 4.78 is 0. The zero-order valence-corrected chi connectivity index (χ0v) is 9.43. The summed E-state index contributed by atoms with van der Waals surface area (Å²) in [6, 6.07) is 5.79. The van der Waals surface area contributed by atoms with Crippen molar-refractivity contribution in [3.05, 3.63) is 55.6 Å². The van der Waals surface area contributed by atoms with Crippen molar-refractivity contribution in [2.24, 2.45) is 0 Å². The van der Waals surface area contributed by atoms with Gasteiger partial charge in [0.05, 0.1) is 11.4 Å². The maximum Gasteiger partial charge on any atom is 0.115 e. The minimum absolute atomic E-state index is 0.831. The summed E-state index contributed by atoms with van der Waals surface area (Å²) >= 11 is 0. The standard InChI is InChI=1S/C13H9N5/c1-2-12(10-4-14-8-15-5-10)18-13(3-1)11-6-16-9-17-7-11/h1-9H. The normalized spacial score (nSPS) is 10.2. The van der Waals surface area contributed by atoms with Gasteiger partial charge in [0.2, 0.25) is 0 Å². The van der Waals surface area contributed by atoms with Gasteiger partial charge in [0.25, 0.3) is 0 Å². The van der Waals surface area contributed by atoms with E-state index in [1.54, 1.807) is 24.8 Å². The molecule has 18 heavy (non-hydrogen) atoms. The average Bonchev–Trinajstić information content (AvgIpc) is 2.49. The first-order valence-electron chi connectivity index (χ1n) is 5.41. The fourth-order valence-electron chi connectivity index (χ4n) is 1.62. The van der Waals surface area contributed by atoms with Crippen LogP contribution in [0.5, 0.6) is 0 Å². The summed E-state index contributed by atoms with van der Waals surface area (Å²) in [5, 5.41) is 0. The van der Waals surface area contributed by atoms with Gasteiger partial charge in [-0.2, -0.15) is 0 Å². The van der Waals surface area contributed by atoms with Crippen LogP contribution in [0.1, 0.15) is 0 Å². The van der Waals surface area contributed by atoms with Gasteiger partial charge in [0.15, 0.2) is 0 Å². The van der Waals surface area contributed by atoms with Gasteiger partial charge >= 0.3 is 0 Å². The molecular weight excluding hydrogens is 226 g/mol. The lowest BCUT2D eigenvalue weighted by molar-refractivity contribution is 1.15. The second kappa shape index (κ2) is 4.67. The van der Waals surface area contributed by atoms with E-state index in [9.17, 15) is 0 Å². The van der Waals surface area contributed by atoms with Gasteiger partial charge in [0.1, 0.15) is 12.7 Å². The van der Waals surface area contributed by atoms with Crippen molar-refractivity contribution in [3.63, 3.8) is 0 Å². The Morgan fingerprint density at radius 2 is 1.06 bits per heavy atom. The van der Waals surface area contributed by atoms with Crippen LogP contribution in [0, 0.1) is 0 Å². The number of hydrogen-bond donors (Lipinski definition) is 0. The summed E-state index contributed by atoms with van der Waals surface area (Å²) in [4.78, 5) is 20.5.